The molecule has 0 aromatic rings. The predicted molar refractivity (Wildman–Crippen MR) is 72.0 cm³/mol. The molecular weight excluding hydrogens is 214 g/mol. The van der Waals surface area contributed by atoms with Crippen LogP contribution in [0, 0.1) is 5.41 Å². The van der Waals surface area contributed by atoms with Crippen molar-refractivity contribution in [2.75, 3.05) is 6.54 Å². The van der Waals surface area contributed by atoms with Crippen molar-refractivity contribution < 1.29 is 9.90 Å². The lowest BCUT2D eigenvalue weighted by atomic mass is 9.78. The zero-order valence-corrected chi connectivity index (χ0v) is 11.5. The maximum absolute atomic E-state index is 11.3. The molecule has 17 heavy (non-hydrogen) atoms. The molecule has 102 valence electrons. The Balaban J connectivity index is 3.95. The van der Waals surface area contributed by atoms with Gasteiger partial charge in [-0.05, 0) is 12.8 Å². The first kappa shape index (κ1) is 16.4. The van der Waals surface area contributed by atoms with Crippen molar-refractivity contribution in [3.63, 3.8) is 0 Å². The molecule has 0 rings (SSSR count). The molecule has 0 spiro atoms. The Hall–Kier alpha value is -0.570. The van der Waals surface area contributed by atoms with Gasteiger partial charge in [0.25, 0.3) is 0 Å². The minimum atomic E-state index is -0.713. The lowest BCUT2D eigenvalue weighted by molar-refractivity contribution is -0.149. The molecule has 0 bridgehead atoms. The summed E-state index contributed by atoms with van der Waals surface area (Å²) < 4.78 is 0. The molecule has 3 nitrogen and oxygen atoms in total. The molecule has 1 atom stereocenters. The smallest absolute Gasteiger partial charge is 0.310 e. The number of aliphatic carboxylic acids is 1. The van der Waals surface area contributed by atoms with Gasteiger partial charge in [-0.3, -0.25) is 4.79 Å². The monoisotopic (exact) mass is 243 g/mol. The number of rotatable bonds is 11. The number of carbonyl (C=O) groups is 1. The lowest BCUT2D eigenvalue weighted by Gasteiger charge is -2.27. The molecule has 0 aliphatic carbocycles. The number of hydrogen-bond donors (Lipinski definition) is 2. The zero-order chi connectivity index (χ0) is 13.1. The third-order valence-corrected chi connectivity index (χ3v) is 3.58. The molecule has 1 unspecified atom stereocenters. The average molecular weight is 243 g/mol. The summed E-state index contributed by atoms with van der Waals surface area (Å²) >= 11 is 0. The van der Waals surface area contributed by atoms with Crippen LogP contribution in [-0.4, -0.2) is 17.6 Å². The van der Waals surface area contributed by atoms with Crippen molar-refractivity contribution in [2.24, 2.45) is 11.1 Å². The normalized spacial score (nSPS) is 14.5. The van der Waals surface area contributed by atoms with E-state index < -0.39 is 11.4 Å². The summed E-state index contributed by atoms with van der Waals surface area (Å²) in [5, 5.41) is 9.32. The molecule has 0 heterocycles. The van der Waals surface area contributed by atoms with E-state index in [0.717, 1.165) is 25.7 Å². The molecule has 0 aromatic carbocycles. The van der Waals surface area contributed by atoms with Gasteiger partial charge in [-0.1, -0.05) is 58.8 Å². The van der Waals surface area contributed by atoms with Gasteiger partial charge in [-0.25, -0.2) is 0 Å². The first-order valence-corrected chi connectivity index (χ1v) is 7.06. The summed E-state index contributed by atoms with van der Waals surface area (Å²) in [4.78, 5) is 11.3. The second-order valence-corrected chi connectivity index (χ2v) is 5.06. The third-order valence-electron chi connectivity index (χ3n) is 3.58. The molecule has 0 aliphatic heterocycles. The first-order chi connectivity index (χ1) is 8.13. The lowest BCUT2D eigenvalue weighted by Crippen LogP contribution is -2.38. The van der Waals surface area contributed by atoms with Gasteiger partial charge in [0, 0.05) is 6.54 Å². The van der Waals surface area contributed by atoms with E-state index in [4.69, 9.17) is 5.73 Å². The van der Waals surface area contributed by atoms with Crippen LogP contribution in [0.15, 0.2) is 0 Å². The van der Waals surface area contributed by atoms with E-state index in [2.05, 4.69) is 6.92 Å². The van der Waals surface area contributed by atoms with Crippen LogP contribution in [0.2, 0.25) is 0 Å². The van der Waals surface area contributed by atoms with Crippen molar-refractivity contribution in [3.8, 4) is 0 Å². The molecule has 0 amide bonds. The van der Waals surface area contributed by atoms with Gasteiger partial charge in [-0.2, -0.15) is 0 Å². The van der Waals surface area contributed by atoms with E-state index in [0.29, 0.717) is 6.42 Å². The molecule has 0 saturated carbocycles. The van der Waals surface area contributed by atoms with Gasteiger partial charge in [-0.15, -0.1) is 0 Å². The Morgan fingerprint density at radius 2 is 1.59 bits per heavy atom. The van der Waals surface area contributed by atoms with E-state index in [1.165, 1.54) is 25.7 Å². The van der Waals surface area contributed by atoms with Crippen LogP contribution in [0.25, 0.3) is 0 Å². The van der Waals surface area contributed by atoms with Gasteiger partial charge in [0.15, 0.2) is 0 Å². The maximum atomic E-state index is 11.3. The topological polar surface area (TPSA) is 63.3 Å². The fourth-order valence-corrected chi connectivity index (χ4v) is 2.35. The highest BCUT2D eigenvalue weighted by Gasteiger charge is 2.35. The Bertz CT molecular complexity index is 206. The van der Waals surface area contributed by atoms with E-state index in [9.17, 15) is 9.90 Å². The van der Waals surface area contributed by atoms with E-state index in [1.54, 1.807) is 0 Å². The SMILES string of the molecule is CCCCCCCCC(CN)(CCC)C(=O)O. The summed E-state index contributed by atoms with van der Waals surface area (Å²) in [5.41, 5.74) is 5.01. The first-order valence-electron chi connectivity index (χ1n) is 7.06. The van der Waals surface area contributed by atoms with Crippen molar-refractivity contribution >= 4 is 5.97 Å². The number of carboxylic acids is 1. The third kappa shape index (κ3) is 6.06. The largest absolute Gasteiger partial charge is 0.481 e. The second kappa shape index (κ2) is 9.46. The molecule has 3 heteroatoms. The van der Waals surface area contributed by atoms with Crippen molar-refractivity contribution in [2.45, 2.75) is 71.6 Å². The summed E-state index contributed by atoms with van der Waals surface area (Å²) in [7, 11) is 0. The van der Waals surface area contributed by atoms with Crippen molar-refractivity contribution in [1.29, 1.82) is 0 Å². The zero-order valence-electron chi connectivity index (χ0n) is 11.5. The summed E-state index contributed by atoms with van der Waals surface area (Å²) in [6.07, 6.45) is 9.48. The van der Waals surface area contributed by atoms with Crippen molar-refractivity contribution in [1.82, 2.24) is 0 Å². The van der Waals surface area contributed by atoms with Gasteiger partial charge >= 0.3 is 5.97 Å². The highest BCUT2D eigenvalue weighted by atomic mass is 16.4. The second-order valence-electron chi connectivity index (χ2n) is 5.06. The molecule has 0 saturated heterocycles. The van der Waals surface area contributed by atoms with Crippen LogP contribution >= 0.6 is 0 Å². The quantitative estimate of drug-likeness (QED) is 0.545. The van der Waals surface area contributed by atoms with Crippen LogP contribution in [0.1, 0.15) is 71.6 Å². The number of nitrogens with two attached hydrogens (primary N) is 1. The van der Waals surface area contributed by atoms with Gasteiger partial charge < -0.3 is 10.8 Å². The van der Waals surface area contributed by atoms with E-state index in [1.807, 2.05) is 6.92 Å². The van der Waals surface area contributed by atoms with Crippen LogP contribution in [0.5, 0.6) is 0 Å². The maximum Gasteiger partial charge on any atom is 0.310 e. The number of hydrogen-bond acceptors (Lipinski definition) is 2. The average Bonchev–Trinajstić information content (AvgIpc) is 2.31. The number of unbranched alkanes of at least 4 members (excludes halogenated alkanes) is 5. The minimum Gasteiger partial charge on any atom is -0.481 e. The van der Waals surface area contributed by atoms with Crippen LogP contribution in [0.3, 0.4) is 0 Å². The minimum absolute atomic E-state index is 0.269. The standard InChI is InChI=1S/C14H29NO2/c1-3-5-6-7-8-9-11-14(12-15,10-4-2)13(16)17/h3-12,15H2,1-2H3,(H,16,17). The van der Waals surface area contributed by atoms with Crippen molar-refractivity contribution in [3.05, 3.63) is 0 Å². The van der Waals surface area contributed by atoms with Crippen LogP contribution in [0.4, 0.5) is 0 Å². The van der Waals surface area contributed by atoms with Gasteiger partial charge in [0.2, 0.25) is 0 Å². The van der Waals surface area contributed by atoms with Crippen LogP contribution in [-0.2, 0) is 4.79 Å². The Labute approximate surface area is 106 Å². The Morgan fingerprint density at radius 3 is 2.06 bits per heavy atom. The molecular formula is C14H29NO2. The summed E-state index contributed by atoms with van der Waals surface area (Å²) in [6.45, 7) is 4.49. The molecule has 3 N–H and O–H groups in total. The van der Waals surface area contributed by atoms with Gasteiger partial charge in [0.05, 0.1) is 5.41 Å². The summed E-state index contributed by atoms with van der Waals surface area (Å²) in [6, 6.07) is 0. The fraction of sp³-hybridized carbons (Fsp3) is 0.929. The van der Waals surface area contributed by atoms with E-state index in [-0.39, 0.29) is 6.54 Å². The molecule has 0 aromatic heterocycles. The number of carboxylic acid groups (broad SMARTS) is 1. The van der Waals surface area contributed by atoms with E-state index >= 15 is 0 Å². The molecule has 0 aliphatic rings. The predicted octanol–water partition coefficient (Wildman–Crippen LogP) is 3.57. The Kier molecular flexibility index (Phi) is 9.14. The van der Waals surface area contributed by atoms with Gasteiger partial charge in [0.1, 0.15) is 0 Å². The highest BCUT2D eigenvalue weighted by molar-refractivity contribution is 5.74. The Morgan fingerprint density at radius 1 is 1.00 bits per heavy atom. The highest BCUT2D eigenvalue weighted by Crippen LogP contribution is 2.30. The molecule has 0 fully saturated rings. The van der Waals surface area contributed by atoms with Crippen LogP contribution < -0.4 is 5.73 Å². The molecule has 0 radical (unpaired) electrons. The summed E-state index contributed by atoms with van der Waals surface area (Å²) in [5.74, 6) is -0.713. The fourth-order valence-electron chi connectivity index (χ4n) is 2.35.